The molecule has 4 rings (SSSR count). The van der Waals surface area contributed by atoms with Crippen molar-refractivity contribution in [3.05, 3.63) is 99.4 Å². The fourth-order valence-electron chi connectivity index (χ4n) is 3.87. The number of benzene rings is 1. The zero-order chi connectivity index (χ0) is 22.1. The quantitative estimate of drug-likeness (QED) is 0.629. The van der Waals surface area contributed by atoms with Gasteiger partial charge in [-0.3, -0.25) is 9.78 Å². The van der Waals surface area contributed by atoms with Crippen molar-refractivity contribution in [2.24, 2.45) is 0 Å². The zero-order valence-corrected chi connectivity index (χ0v) is 18.0. The van der Waals surface area contributed by atoms with Crippen LogP contribution in [0.3, 0.4) is 0 Å². The lowest BCUT2D eigenvalue weighted by molar-refractivity contribution is 0.326. The van der Waals surface area contributed by atoms with E-state index in [2.05, 4.69) is 32.5 Å². The number of allylic oxidation sites excluding steroid dienone is 2. The van der Waals surface area contributed by atoms with Gasteiger partial charge in [0.2, 0.25) is 0 Å². The number of H-pyrrole nitrogens is 1. The van der Waals surface area contributed by atoms with Gasteiger partial charge in [0.15, 0.2) is 0 Å². The molecule has 1 aromatic carbocycles. The minimum absolute atomic E-state index is 0.164. The fraction of sp³-hybridized carbons (Fsp3) is 0.240. The molecule has 31 heavy (non-hydrogen) atoms. The molecule has 3 aromatic rings. The Bertz CT molecular complexity index is 1260. The maximum Gasteiger partial charge on any atom is 0.251 e. The summed E-state index contributed by atoms with van der Waals surface area (Å²) < 4.78 is 13.6. The van der Waals surface area contributed by atoms with E-state index in [-0.39, 0.29) is 11.4 Å². The first-order valence-electron chi connectivity index (χ1n) is 10.3. The molecule has 0 bridgehead atoms. The third-order valence-corrected chi connectivity index (χ3v) is 5.80. The minimum atomic E-state index is -0.260. The number of hydrogen-bond acceptors (Lipinski definition) is 4. The second-order valence-electron chi connectivity index (χ2n) is 7.94. The van der Waals surface area contributed by atoms with Crippen LogP contribution < -0.4 is 5.56 Å². The van der Waals surface area contributed by atoms with E-state index in [1.54, 1.807) is 13.0 Å². The van der Waals surface area contributed by atoms with E-state index in [4.69, 9.17) is 0 Å². The Hall–Kier alpha value is -3.54. The van der Waals surface area contributed by atoms with Gasteiger partial charge in [0, 0.05) is 54.4 Å². The number of aromatic amines is 1. The summed E-state index contributed by atoms with van der Waals surface area (Å²) in [6.07, 6.45) is 2.62. The van der Waals surface area contributed by atoms with E-state index in [1.165, 1.54) is 18.2 Å². The van der Waals surface area contributed by atoms with Crippen LogP contribution in [0.25, 0.3) is 16.7 Å². The summed E-state index contributed by atoms with van der Waals surface area (Å²) in [4.78, 5) is 25.9. The van der Waals surface area contributed by atoms with Crippen LogP contribution in [0.5, 0.6) is 0 Å². The largest absolute Gasteiger partial charge is 0.367 e. The average Bonchev–Trinajstić information content (AvgIpc) is 2.76. The Kier molecular flexibility index (Phi) is 5.55. The predicted molar refractivity (Wildman–Crippen MR) is 121 cm³/mol. The second-order valence-corrected chi connectivity index (χ2v) is 7.94. The number of aromatic nitrogens is 3. The number of halogens is 1. The van der Waals surface area contributed by atoms with Gasteiger partial charge >= 0.3 is 0 Å². The molecule has 0 saturated heterocycles. The van der Waals surface area contributed by atoms with Gasteiger partial charge in [0.1, 0.15) is 11.6 Å². The molecule has 1 N–H and O–H groups in total. The maximum absolute atomic E-state index is 13.6. The summed E-state index contributed by atoms with van der Waals surface area (Å²) in [6, 6.07) is 10.1. The molecule has 2 aromatic heterocycles. The van der Waals surface area contributed by atoms with Crippen molar-refractivity contribution in [1.82, 2.24) is 19.9 Å². The van der Waals surface area contributed by atoms with E-state index in [0.29, 0.717) is 18.1 Å². The predicted octanol–water partition coefficient (Wildman–Crippen LogP) is 4.64. The van der Waals surface area contributed by atoms with Crippen molar-refractivity contribution >= 4 is 5.57 Å². The van der Waals surface area contributed by atoms with Gasteiger partial charge in [-0.2, -0.15) is 0 Å². The molecule has 1 aliphatic heterocycles. The van der Waals surface area contributed by atoms with Crippen LogP contribution in [0, 0.1) is 12.7 Å². The molecular weight excluding hydrogens is 391 g/mol. The van der Waals surface area contributed by atoms with Gasteiger partial charge in [-0.25, -0.2) is 9.37 Å². The highest BCUT2D eigenvalue weighted by molar-refractivity contribution is 5.66. The Morgan fingerprint density at radius 2 is 2.00 bits per heavy atom. The Morgan fingerprint density at radius 1 is 1.19 bits per heavy atom. The van der Waals surface area contributed by atoms with Crippen LogP contribution in [0.1, 0.15) is 36.6 Å². The lowest BCUT2D eigenvalue weighted by Gasteiger charge is -2.32. The molecule has 6 heteroatoms. The number of fused-ring (bicyclic) bond motifs is 1. The smallest absolute Gasteiger partial charge is 0.251 e. The Labute approximate surface area is 181 Å². The molecule has 0 fully saturated rings. The topological polar surface area (TPSA) is 61.9 Å². The van der Waals surface area contributed by atoms with Crippen molar-refractivity contribution in [2.75, 3.05) is 6.54 Å². The first-order chi connectivity index (χ1) is 14.8. The molecule has 158 valence electrons. The van der Waals surface area contributed by atoms with Crippen LogP contribution in [-0.2, 0) is 13.0 Å². The van der Waals surface area contributed by atoms with E-state index < -0.39 is 0 Å². The first-order valence-corrected chi connectivity index (χ1v) is 10.3. The minimum Gasteiger partial charge on any atom is -0.367 e. The van der Waals surface area contributed by atoms with Crippen molar-refractivity contribution in [3.8, 4) is 11.1 Å². The van der Waals surface area contributed by atoms with Gasteiger partial charge in [-0.1, -0.05) is 18.7 Å². The molecule has 0 radical (unpaired) electrons. The number of rotatable bonds is 4. The summed E-state index contributed by atoms with van der Waals surface area (Å²) in [5.74, 6) is 0.306. The second kappa shape index (κ2) is 8.30. The number of nitrogens with zero attached hydrogens (tertiary/aromatic N) is 3. The summed E-state index contributed by atoms with van der Waals surface area (Å²) in [5.41, 5.74) is 7.16. The summed E-state index contributed by atoms with van der Waals surface area (Å²) in [5, 5.41) is 0. The third-order valence-electron chi connectivity index (χ3n) is 5.80. The van der Waals surface area contributed by atoms with Crippen molar-refractivity contribution < 1.29 is 4.39 Å². The van der Waals surface area contributed by atoms with Gasteiger partial charge in [-0.05, 0) is 61.2 Å². The molecule has 0 saturated carbocycles. The molecule has 3 heterocycles. The maximum atomic E-state index is 13.6. The highest BCUT2D eigenvalue weighted by Crippen LogP contribution is 2.29. The number of nitrogens with one attached hydrogen (secondary N) is 1. The summed E-state index contributed by atoms with van der Waals surface area (Å²) in [7, 11) is 0. The highest BCUT2D eigenvalue weighted by Gasteiger charge is 2.21. The SMILES string of the molecule is C=C(/C(C)=C(/C)c1nc(C)cc(=O)[nH]1)N1CCc2ncc(-c3cccc(F)c3)cc2C1. The van der Waals surface area contributed by atoms with E-state index in [0.717, 1.165) is 52.2 Å². The highest BCUT2D eigenvalue weighted by atomic mass is 19.1. The van der Waals surface area contributed by atoms with Crippen LogP contribution in [0.4, 0.5) is 4.39 Å². The molecular formula is C25H25FN4O. The average molecular weight is 417 g/mol. The molecule has 0 spiro atoms. The molecule has 0 atom stereocenters. The Balaban J connectivity index is 1.61. The van der Waals surface area contributed by atoms with Crippen LogP contribution in [0.2, 0.25) is 0 Å². The fourth-order valence-corrected chi connectivity index (χ4v) is 3.87. The first kappa shape index (κ1) is 20.7. The van der Waals surface area contributed by atoms with Gasteiger partial charge in [0.25, 0.3) is 5.56 Å². The van der Waals surface area contributed by atoms with Crippen LogP contribution in [0.15, 0.2) is 65.2 Å². The molecule has 0 unspecified atom stereocenters. The zero-order valence-electron chi connectivity index (χ0n) is 18.0. The summed E-state index contributed by atoms with van der Waals surface area (Å²) in [6.45, 7) is 11.5. The van der Waals surface area contributed by atoms with Gasteiger partial charge in [0.05, 0.1) is 0 Å². The van der Waals surface area contributed by atoms with Crippen LogP contribution >= 0.6 is 0 Å². The van der Waals surface area contributed by atoms with Crippen molar-refractivity contribution in [3.63, 3.8) is 0 Å². The van der Waals surface area contributed by atoms with E-state index in [1.807, 2.05) is 26.1 Å². The number of aryl methyl sites for hydroxylation is 1. The lowest BCUT2D eigenvalue weighted by atomic mass is 9.98. The van der Waals surface area contributed by atoms with E-state index in [9.17, 15) is 9.18 Å². The van der Waals surface area contributed by atoms with E-state index >= 15 is 0 Å². The van der Waals surface area contributed by atoms with Gasteiger partial charge < -0.3 is 9.88 Å². The standard InChI is InChI=1S/C25H25FN4O/c1-15-10-24(31)29-25(28-15)17(3)16(2)18(4)30-9-8-23-21(14-30)11-20(13-27-23)19-6-5-7-22(26)12-19/h5-7,10-13H,4,8-9,14H2,1-3H3,(H,28,29,31)/b17-16-. The number of hydrogen-bond donors (Lipinski definition) is 1. The summed E-state index contributed by atoms with van der Waals surface area (Å²) >= 11 is 0. The normalized spacial score (nSPS) is 14.1. The molecule has 5 nitrogen and oxygen atoms in total. The van der Waals surface area contributed by atoms with Crippen LogP contribution in [-0.4, -0.2) is 26.4 Å². The van der Waals surface area contributed by atoms with Crippen molar-refractivity contribution in [2.45, 2.75) is 33.7 Å². The molecule has 0 aliphatic carbocycles. The Morgan fingerprint density at radius 3 is 2.74 bits per heavy atom. The lowest BCUT2D eigenvalue weighted by Crippen LogP contribution is -2.30. The third kappa shape index (κ3) is 4.33. The monoisotopic (exact) mass is 416 g/mol. The molecule has 0 amide bonds. The number of pyridine rings is 1. The van der Waals surface area contributed by atoms with Gasteiger partial charge in [-0.15, -0.1) is 0 Å². The van der Waals surface area contributed by atoms with Crippen molar-refractivity contribution in [1.29, 1.82) is 0 Å². The molecule has 1 aliphatic rings.